The smallest absolute Gasteiger partial charge is 0.339 e. The number of esters is 2. The Morgan fingerprint density at radius 2 is 1.55 bits per heavy atom. The summed E-state index contributed by atoms with van der Waals surface area (Å²) in [6.45, 7) is 5.03. The van der Waals surface area contributed by atoms with Crippen LogP contribution in [0, 0.1) is 11.8 Å². The van der Waals surface area contributed by atoms with E-state index in [9.17, 15) is 24.6 Å². The molecule has 10 heteroatoms. The Kier molecular flexibility index (Phi) is 14.7. The SMILES string of the molecule is CC(C)=C1CCc2ccc(cc2)C[C@@H](CCc2cccc(Cc3ccccc3)c2)CC(=O)O[C@@H]2c3c(ccc4cc([C@H](CCO)COCO)c(=O)oc34)O[C@@](C)(C3CCCC3)[C@H]2OC1=O. The number of ether oxygens (including phenoxy) is 4. The fourth-order valence-corrected chi connectivity index (χ4v) is 10.4. The first-order chi connectivity index (χ1) is 31.5. The minimum atomic E-state index is -1.18. The van der Waals surface area contributed by atoms with Crippen LogP contribution < -0.4 is 10.4 Å². The molecule has 4 aromatic carbocycles. The molecule has 0 saturated heterocycles. The molecule has 3 aliphatic heterocycles. The molecular formula is C55H62O10. The maximum atomic E-state index is 14.8. The predicted molar refractivity (Wildman–Crippen MR) is 249 cm³/mol. The molecule has 65 heavy (non-hydrogen) atoms. The Morgan fingerprint density at radius 1 is 0.815 bits per heavy atom. The van der Waals surface area contributed by atoms with Gasteiger partial charge in [-0.3, -0.25) is 4.79 Å². The van der Waals surface area contributed by atoms with E-state index in [4.69, 9.17) is 23.4 Å². The van der Waals surface area contributed by atoms with Crippen molar-refractivity contribution in [2.75, 3.05) is 20.0 Å². The van der Waals surface area contributed by atoms with E-state index >= 15 is 0 Å². The zero-order chi connectivity index (χ0) is 45.5. The Hall–Kier alpha value is -5.55. The molecule has 4 heterocycles. The van der Waals surface area contributed by atoms with Gasteiger partial charge in [-0.1, -0.05) is 97.3 Å². The number of rotatable bonds is 12. The molecule has 1 aliphatic carbocycles. The molecule has 0 amide bonds. The van der Waals surface area contributed by atoms with Gasteiger partial charge >= 0.3 is 17.6 Å². The molecule has 0 spiro atoms. The van der Waals surface area contributed by atoms with Crippen LogP contribution in [0.4, 0.5) is 0 Å². The monoisotopic (exact) mass is 882 g/mol. The summed E-state index contributed by atoms with van der Waals surface area (Å²) in [5.74, 6) is -1.21. The second-order valence-corrected chi connectivity index (χ2v) is 18.7. The van der Waals surface area contributed by atoms with E-state index in [1.165, 1.54) is 16.7 Å². The molecule has 0 unspecified atom stereocenters. The van der Waals surface area contributed by atoms with E-state index < -0.39 is 48.1 Å². The largest absolute Gasteiger partial charge is 0.483 e. The summed E-state index contributed by atoms with van der Waals surface area (Å²) in [7, 11) is 0. The van der Waals surface area contributed by atoms with Gasteiger partial charge in [0.25, 0.3) is 0 Å². The van der Waals surface area contributed by atoms with Crippen molar-refractivity contribution in [1.82, 2.24) is 0 Å². The van der Waals surface area contributed by atoms with Gasteiger partial charge in [-0.05, 0) is 130 Å². The van der Waals surface area contributed by atoms with Gasteiger partial charge in [0.15, 0.2) is 12.2 Å². The number of aryl methyl sites for hydroxylation is 2. The summed E-state index contributed by atoms with van der Waals surface area (Å²) < 4.78 is 31.9. The molecule has 4 aliphatic rings. The van der Waals surface area contributed by atoms with E-state index in [-0.39, 0.29) is 49.0 Å². The lowest BCUT2D eigenvalue weighted by molar-refractivity contribution is -0.199. The summed E-state index contributed by atoms with van der Waals surface area (Å²) >= 11 is 0. The molecule has 5 aromatic rings. The van der Waals surface area contributed by atoms with Crippen molar-refractivity contribution < 1.29 is 43.2 Å². The molecule has 9 rings (SSSR count). The quantitative estimate of drug-likeness (QED) is 0.0539. The first kappa shape index (κ1) is 46.0. The van der Waals surface area contributed by atoms with Crippen molar-refractivity contribution in [3.05, 3.63) is 158 Å². The summed E-state index contributed by atoms with van der Waals surface area (Å²) in [6.07, 6.45) is 5.79. The van der Waals surface area contributed by atoms with Gasteiger partial charge < -0.3 is 33.6 Å². The first-order valence-electron chi connectivity index (χ1n) is 23.4. The standard InChI is InChI=1S/C55H62O10/c1-35(2)45-24-22-36-16-18-39(19-17-36)30-41(21-20-38-12-9-13-40(29-38)28-37-10-5-4-6-11-37)31-48(58)62-51-49-47(65-55(3,44-14-7-8-15-44)52(51)64-53(45)59)25-23-42-32-46(54(60)63-50(42)49)43(26-27-56)33-61-34-57/h4-6,9-13,16-19,23,25,29,32,41,43-44,51-52,56-57H,7-8,14-15,20-22,24,26-28,30-31,33-34H2,1-3H3/t41-,43-,51-,52+,55+/m1/s1. The second kappa shape index (κ2) is 20.7. The number of fused-ring (bicyclic) bond motifs is 13. The Morgan fingerprint density at radius 3 is 2.29 bits per heavy atom. The number of hydrogen-bond donors (Lipinski definition) is 2. The summed E-state index contributed by atoms with van der Waals surface area (Å²) in [4.78, 5) is 43.4. The van der Waals surface area contributed by atoms with Crippen LogP contribution in [0.5, 0.6) is 5.75 Å². The first-order valence-corrected chi connectivity index (χ1v) is 23.4. The fourth-order valence-electron chi connectivity index (χ4n) is 10.4. The Balaban J connectivity index is 1.20. The van der Waals surface area contributed by atoms with Gasteiger partial charge in [0.2, 0.25) is 0 Å². The van der Waals surface area contributed by atoms with Crippen LogP contribution >= 0.6 is 0 Å². The summed E-state index contributed by atoms with van der Waals surface area (Å²) in [6, 6.07) is 32.9. The highest BCUT2D eigenvalue weighted by Crippen LogP contribution is 2.52. The van der Waals surface area contributed by atoms with Crippen LogP contribution in [-0.4, -0.2) is 53.9 Å². The van der Waals surface area contributed by atoms with E-state index in [0.717, 1.165) is 61.6 Å². The van der Waals surface area contributed by atoms with Crippen LogP contribution in [0.3, 0.4) is 0 Å². The molecule has 342 valence electrons. The average molecular weight is 883 g/mol. The van der Waals surface area contributed by atoms with Crippen molar-refractivity contribution in [3.63, 3.8) is 0 Å². The number of carbonyl (C=O) groups is 2. The van der Waals surface area contributed by atoms with E-state index in [1.54, 1.807) is 12.1 Å². The predicted octanol–water partition coefficient (Wildman–Crippen LogP) is 9.82. The minimum absolute atomic E-state index is 0.00362. The fraction of sp³-hybridized carbons (Fsp3) is 0.436. The molecule has 1 fully saturated rings. The third-order valence-corrected chi connectivity index (χ3v) is 14.0. The normalized spacial score (nSPS) is 22.2. The molecule has 1 saturated carbocycles. The van der Waals surface area contributed by atoms with Crippen LogP contribution in [0.15, 0.2) is 117 Å². The van der Waals surface area contributed by atoms with Crippen LogP contribution in [0.25, 0.3) is 11.0 Å². The van der Waals surface area contributed by atoms with Crippen molar-refractivity contribution in [2.24, 2.45) is 11.8 Å². The second-order valence-electron chi connectivity index (χ2n) is 18.7. The molecular weight excluding hydrogens is 821 g/mol. The lowest BCUT2D eigenvalue weighted by Crippen LogP contribution is -2.58. The number of hydrogen-bond acceptors (Lipinski definition) is 10. The highest BCUT2D eigenvalue weighted by atomic mass is 16.6. The van der Waals surface area contributed by atoms with Crippen molar-refractivity contribution in [1.29, 1.82) is 0 Å². The van der Waals surface area contributed by atoms with Gasteiger partial charge in [-0.15, -0.1) is 0 Å². The maximum Gasteiger partial charge on any atom is 0.339 e. The number of benzene rings is 4. The van der Waals surface area contributed by atoms with Gasteiger partial charge in [0, 0.05) is 41.4 Å². The van der Waals surface area contributed by atoms with Crippen LogP contribution in [0.1, 0.15) is 123 Å². The van der Waals surface area contributed by atoms with E-state index in [0.29, 0.717) is 41.5 Å². The Bertz CT molecular complexity index is 2530. The molecule has 10 nitrogen and oxygen atoms in total. The van der Waals surface area contributed by atoms with Gasteiger partial charge in [-0.2, -0.15) is 0 Å². The molecule has 5 atom stereocenters. The van der Waals surface area contributed by atoms with Crippen LogP contribution in [-0.2, 0) is 49.5 Å². The van der Waals surface area contributed by atoms with Gasteiger partial charge in [0.1, 0.15) is 23.7 Å². The summed E-state index contributed by atoms with van der Waals surface area (Å²) in [5, 5.41) is 19.8. The number of aliphatic hydroxyl groups excluding tert-OH is 2. The Labute approximate surface area is 381 Å². The summed E-state index contributed by atoms with van der Waals surface area (Å²) in [5.41, 5.74) is 6.31. The topological polar surface area (TPSA) is 142 Å². The van der Waals surface area contributed by atoms with Gasteiger partial charge in [-0.25, -0.2) is 9.59 Å². The van der Waals surface area contributed by atoms with Crippen molar-refractivity contribution in [3.8, 4) is 5.75 Å². The zero-order valence-corrected chi connectivity index (χ0v) is 37.9. The third-order valence-electron chi connectivity index (χ3n) is 14.0. The molecule has 0 radical (unpaired) electrons. The molecule has 1 aromatic heterocycles. The zero-order valence-electron chi connectivity index (χ0n) is 37.9. The molecule has 2 bridgehead atoms. The van der Waals surface area contributed by atoms with Crippen LogP contribution in [0.2, 0.25) is 0 Å². The highest BCUT2D eigenvalue weighted by molar-refractivity contribution is 5.90. The number of allylic oxidation sites excluding steroid dienone is 1. The third kappa shape index (κ3) is 10.6. The lowest BCUT2D eigenvalue weighted by atomic mass is 9.76. The highest BCUT2D eigenvalue weighted by Gasteiger charge is 2.57. The van der Waals surface area contributed by atoms with Gasteiger partial charge in [0.05, 0.1) is 12.2 Å². The number of aliphatic hydroxyl groups is 2. The lowest BCUT2D eigenvalue weighted by Gasteiger charge is -2.48. The molecule has 2 N–H and O–H groups in total. The van der Waals surface area contributed by atoms with Crippen molar-refractivity contribution >= 4 is 22.9 Å². The van der Waals surface area contributed by atoms with E-state index in [1.807, 2.05) is 32.9 Å². The average Bonchev–Trinajstić information content (AvgIpc) is 3.85. The minimum Gasteiger partial charge on any atom is -0.483 e. The van der Waals surface area contributed by atoms with E-state index in [2.05, 4.69) is 72.8 Å². The van der Waals surface area contributed by atoms with Crippen molar-refractivity contribution in [2.45, 2.75) is 122 Å². The number of carbonyl (C=O) groups excluding carboxylic acids is 2. The maximum absolute atomic E-state index is 14.8.